The van der Waals surface area contributed by atoms with Gasteiger partial charge in [0.1, 0.15) is 0 Å². The molecular formula is C11H15N3O4. The summed E-state index contributed by atoms with van der Waals surface area (Å²) in [6, 6.07) is 0. The zero-order valence-electron chi connectivity index (χ0n) is 10.3. The van der Waals surface area contributed by atoms with E-state index in [2.05, 4.69) is 9.72 Å². The summed E-state index contributed by atoms with van der Waals surface area (Å²) in [5, 5.41) is 0. The monoisotopic (exact) mass is 253 g/mol. The summed E-state index contributed by atoms with van der Waals surface area (Å²) in [4.78, 5) is 29.1. The molecule has 0 spiro atoms. The number of aryl methyl sites for hydroxylation is 1. The van der Waals surface area contributed by atoms with E-state index >= 15 is 0 Å². The zero-order valence-corrected chi connectivity index (χ0v) is 10.3. The van der Waals surface area contributed by atoms with E-state index in [1.54, 1.807) is 24.3 Å². The molecule has 0 N–H and O–H groups in total. The number of carbonyl (C=O) groups is 1. The zero-order chi connectivity index (χ0) is 13.1. The van der Waals surface area contributed by atoms with Gasteiger partial charge >= 0.3 is 5.97 Å². The lowest BCUT2D eigenvalue weighted by Gasteiger charge is -2.31. The smallest absolute Gasteiger partial charge is 0.336 e. The number of ether oxygens (including phenoxy) is 2. The lowest BCUT2D eigenvalue weighted by Crippen LogP contribution is -2.48. The largest absolute Gasteiger partial charge is 0.467 e. The maximum atomic E-state index is 11.9. The Morgan fingerprint density at radius 1 is 1.61 bits per heavy atom. The summed E-state index contributed by atoms with van der Waals surface area (Å²) in [6.45, 7) is 1.16. The number of carbonyl (C=O) groups excluding carboxylic acids is 1. The number of hydrogen-bond acceptors (Lipinski definition) is 6. The van der Waals surface area contributed by atoms with Crippen LogP contribution in [0, 0.1) is 0 Å². The fourth-order valence-electron chi connectivity index (χ4n) is 1.82. The van der Waals surface area contributed by atoms with E-state index in [0.717, 1.165) is 0 Å². The van der Waals surface area contributed by atoms with Crippen LogP contribution in [0.25, 0.3) is 0 Å². The van der Waals surface area contributed by atoms with Crippen LogP contribution in [0.5, 0.6) is 0 Å². The van der Waals surface area contributed by atoms with Crippen molar-refractivity contribution in [3.8, 4) is 0 Å². The molecule has 0 aliphatic carbocycles. The molecule has 18 heavy (non-hydrogen) atoms. The van der Waals surface area contributed by atoms with Gasteiger partial charge in [-0.1, -0.05) is 0 Å². The van der Waals surface area contributed by atoms with Crippen molar-refractivity contribution in [3.63, 3.8) is 0 Å². The van der Waals surface area contributed by atoms with E-state index in [-0.39, 0.29) is 12.1 Å². The summed E-state index contributed by atoms with van der Waals surface area (Å²) in [7, 11) is 2.97. The average Bonchev–Trinajstić information content (AvgIpc) is 2.41. The van der Waals surface area contributed by atoms with Crippen molar-refractivity contribution in [3.05, 3.63) is 22.7 Å². The number of rotatable bonds is 2. The first kappa shape index (κ1) is 12.6. The summed E-state index contributed by atoms with van der Waals surface area (Å²) in [6.07, 6.45) is 2.47. The molecule has 0 bridgehead atoms. The number of nitrogens with zero attached hydrogens (tertiary/aromatic N) is 3. The second-order valence-corrected chi connectivity index (χ2v) is 4.00. The van der Waals surface area contributed by atoms with E-state index in [9.17, 15) is 9.59 Å². The highest BCUT2D eigenvalue weighted by Crippen LogP contribution is 2.11. The fourth-order valence-corrected chi connectivity index (χ4v) is 1.82. The van der Waals surface area contributed by atoms with Gasteiger partial charge in [-0.3, -0.25) is 4.79 Å². The second-order valence-electron chi connectivity index (χ2n) is 4.00. The molecule has 1 aromatic heterocycles. The summed E-state index contributed by atoms with van der Waals surface area (Å²) >= 11 is 0. The van der Waals surface area contributed by atoms with Crippen molar-refractivity contribution in [1.29, 1.82) is 0 Å². The molecule has 1 unspecified atom stereocenters. The van der Waals surface area contributed by atoms with Crippen LogP contribution >= 0.6 is 0 Å². The van der Waals surface area contributed by atoms with Crippen LogP contribution < -0.4 is 10.5 Å². The molecule has 1 fully saturated rings. The number of methoxy groups -OCH3 is 1. The Kier molecular flexibility index (Phi) is 3.61. The van der Waals surface area contributed by atoms with Gasteiger partial charge in [0.15, 0.2) is 11.9 Å². The molecular weight excluding hydrogens is 238 g/mol. The Labute approximate surface area is 104 Å². The van der Waals surface area contributed by atoms with Gasteiger partial charge in [0.25, 0.3) is 5.56 Å². The SMILES string of the molecule is COC(=O)C1CN(c2nccn(C)c2=O)CCO1. The minimum absolute atomic E-state index is 0.192. The molecule has 1 aromatic rings. The van der Waals surface area contributed by atoms with Crippen LogP contribution in [0.4, 0.5) is 5.82 Å². The number of morpholine rings is 1. The first-order chi connectivity index (χ1) is 8.63. The minimum atomic E-state index is -0.671. The highest BCUT2D eigenvalue weighted by molar-refractivity contribution is 5.75. The number of aromatic nitrogens is 2. The molecule has 0 amide bonds. The number of esters is 1. The predicted octanol–water partition coefficient (Wildman–Crippen LogP) is -0.842. The molecule has 2 heterocycles. The molecule has 1 aliphatic heterocycles. The van der Waals surface area contributed by atoms with E-state index in [1.165, 1.54) is 11.7 Å². The van der Waals surface area contributed by atoms with Crippen LogP contribution in [0.1, 0.15) is 0 Å². The Morgan fingerprint density at radius 3 is 3.11 bits per heavy atom. The van der Waals surface area contributed by atoms with Gasteiger partial charge in [0, 0.05) is 26.0 Å². The molecule has 2 rings (SSSR count). The van der Waals surface area contributed by atoms with E-state index in [4.69, 9.17) is 4.74 Å². The van der Waals surface area contributed by atoms with Crippen molar-refractivity contribution in [2.75, 3.05) is 31.7 Å². The summed E-state index contributed by atoms with van der Waals surface area (Å²) < 4.78 is 11.4. The van der Waals surface area contributed by atoms with Gasteiger partial charge in [-0.05, 0) is 0 Å². The van der Waals surface area contributed by atoms with Crippen LogP contribution in [0.2, 0.25) is 0 Å². The van der Waals surface area contributed by atoms with Crippen molar-refractivity contribution in [2.45, 2.75) is 6.10 Å². The van der Waals surface area contributed by atoms with Gasteiger partial charge in [-0.2, -0.15) is 0 Å². The first-order valence-corrected chi connectivity index (χ1v) is 5.59. The van der Waals surface area contributed by atoms with E-state index in [0.29, 0.717) is 19.0 Å². The molecule has 0 saturated carbocycles. The topological polar surface area (TPSA) is 73.7 Å². The Morgan fingerprint density at radius 2 is 2.39 bits per heavy atom. The van der Waals surface area contributed by atoms with Gasteiger partial charge < -0.3 is 18.9 Å². The molecule has 0 radical (unpaired) electrons. The Balaban J connectivity index is 2.21. The van der Waals surface area contributed by atoms with Gasteiger partial charge in [0.2, 0.25) is 0 Å². The molecule has 1 aliphatic rings. The van der Waals surface area contributed by atoms with Crippen molar-refractivity contribution in [2.24, 2.45) is 7.05 Å². The number of anilines is 1. The lowest BCUT2D eigenvalue weighted by molar-refractivity contribution is -0.154. The molecule has 1 atom stereocenters. The molecule has 0 aromatic carbocycles. The minimum Gasteiger partial charge on any atom is -0.467 e. The highest BCUT2D eigenvalue weighted by Gasteiger charge is 2.29. The van der Waals surface area contributed by atoms with Gasteiger partial charge in [-0.25, -0.2) is 9.78 Å². The fraction of sp³-hybridized carbons (Fsp3) is 0.545. The van der Waals surface area contributed by atoms with Crippen LogP contribution in [0.15, 0.2) is 17.2 Å². The quantitative estimate of drug-likeness (QED) is 0.640. The third-order valence-corrected chi connectivity index (χ3v) is 2.83. The standard InChI is InChI=1S/C11H15N3O4/c1-13-4-3-12-9(10(13)15)14-5-6-18-8(7-14)11(16)17-2/h3-4,8H,5-7H2,1-2H3. The Bertz CT molecular complexity index is 499. The molecule has 1 saturated heterocycles. The second kappa shape index (κ2) is 5.18. The van der Waals surface area contributed by atoms with Gasteiger partial charge in [0.05, 0.1) is 20.3 Å². The van der Waals surface area contributed by atoms with Gasteiger partial charge in [-0.15, -0.1) is 0 Å². The number of hydrogen-bond donors (Lipinski definition) is 0. The highest BCUT2D eigenvalue weighted by atomic mass is 16.6. The maximum Gasteiger partial charge on any atom is 0.336 e. The van der Waals surface area contributed by atoms with Crippen molar-refractivity contribution >= 4 is 11.8 Å². The van der Waals surface area contributed by atoms with E-state index in [1.807, 2.05) is 0 Å². The van der Waals surface area contributed by atoms with Crippen LogP contribution in [-0.2, 0) is 21.3 Å². The van der Waals surface area contributed by atoms with Crippen LogP contribution in [0.3, 0.4) is 0 Å². The maximum absolute atomic E-state index is 11.9. The van der Waals surface area contributed by atoms with Crippen molar-refractivity contribution < 1.29 is 14.3 Å². The lowest BCUT2D eigenvalue weighted by atomic mass is 10.2. The summed E-state index contributed by atoms with van der Waals surface area (Å²) in [5.41, 5.74) is -0.192. The third kappa shape index (κ3) is 2.35. The molecule has 7 heteroatoms. The Hall–Kier alpha value is -1.89. The third-order valence-electron chi connectivity index (χ3n) is 2.83. The normalized spacial score (nSPS) is 19.7. The van der Waals surface area contributed by atoms with Crippen molar-refractivity contribution in [1.82, 2.24) is 9.55 Å². The average molecular weight is 253 g/mol. The van der Waals surface area contributed by atoms with Crippen LogP contribution in [-0.4, -0.2) is 48.4 Å². The van der Waals surface area contributed by atoms with E-state index < -0.39 is 12.1 Å². The molecule has 98 valence electrons. The molecule has 7 nitrogen and oxygen atoms in total. The predicted molar refractivity (Wildman–Crippen MR) is 63.4 cm³/mol. The summed E-state index contributed by atoms with van der Waals surface area (Å²) in [5.74, 6) is -0.107. The first-order valence-electron chi connectivity index (χ1n) is 5.59.